The van der Waals surface area contributed by atoms with Crippen molar-refractivity contribution in [1.29, 1.82) is 0 Å². The molecule has 3 heterocycles. The lowest BCUT2D eigenvalue weighted by Gasteiger charge is -2.46. The molecular formula is C17H16O7. The largest absolute Gasteiger partial charge is 0.486 e. The summed E-state index contributed by atoms with van der Waals surface area (Å²) >= 11 is 0. The maximum atomic E-state index is 11.7. The maximum absolute atomic E-state index is 11.7. The number of ketones is 1. The standard InChI is InChI=1S/C17H16O7/c1-20-16-14-9-5-11-12(22-7-21-11)6-10(9)23-15(14)17(19)3-2-8(18)4-13(17)24-16/h4-6,14-16,19H,2-3,7H2,1H3/t14-,15-,16+,17+/m1/s1. The number of methoxy groups -OCH3 is 1. The molecule has 0 aromatic heterocycles. The van der Waals surface area contributed by atoms with E-state index in [0.717, 1.165) is 5.56 Å². The van der Waals surface area contributed by atoms with Crippen molar-refractivity contribution in [3.05, 3.63) is 29.5 Å². The molecule has 3 aliphatic heterocycles. The van der Waals surface area contributed by atoms with E-state index in [9.17, 15) is 9.90 Å². The van der Waals surface area contributed by atoms with Crippen molar-refractivity contribution in [2.75, 3.05) is 13.9 Å². The Morgan fingerprint density at radius 2 is 2.00 bits per heavy atom. The molecule has 0 amide bonds. The van der Waals surface area contributed by atoms with Gasteiger partial charge in [0.1, 0.15) is 17.6 Å². The van der Waals surface area contributed by atoms with Crippen LogP contribution in [0.1, 0.15) is 24.3 Å². The van der Waals surface area contributed by atoms with E-state index in [4.69, 9.17) is 23.7 Å². The molecule has 0 radical (unpaired) electrons. The average molecular weight is 332 g/mol. The van der Waals surface area contributed by atoms with E-state index in [0.29, 0.717) is 17.2 Å². The summed E-state index contributed by atoms with van der Waals surface area (Å²) in [6.07, 6.45) is 0.620. The Labute approximate surface area is 137 Å². The van der Waals surface area contributed by atoms with Gasteiger partial charge >= 0.3 is 0 Å². The first kappa shape index (κ1) is 14.1. The smallest absolute Gasteiger partial charge is 0.231 e. The fraction of sp³-hybridized carbons (Fsp3) is 0.471. The van der Waals surface area contributed by atoms with Crippen LogP contribution in [0.5, 0.6) is 17.2 Å². The molecule has 4 aliphatic rings. The molecule has 5 rings (SSSR count). The molecule has 1 aliphatic carbocycles. The summed E-state index contributed by atoms with van der Waals surface area (Å²) in [4.78, 5) is 11.7. The van der Waals surface area contributed by atoms with Crippen molar-refractivity contribution >= 4 is 5.78 Å². The highest BCUT2D eigenvalue weighted by molar-refractivity contribution is 5.91. The molecule has 0 saturated carbocycles. The van der Waals surface area contributed by atoms with Crippen LogP contribution in [0.25, 0.3) is 0 Å². The van der Waals surface area contributed by atoms with Crippen molar-refractivity contribution in [1.82, 2.24) is 0 Å². The molecule has 7 nitrogen and oxygen atoms in total. The van der Waals surface area contributed by atoms with Gasteiger partial charge in [-0.3, -0.25) is 4.79 Å². The Kier molecular flexibility index (Phi) is 2.73. The summed E-state index contributed by atoms with van der Waals surface area (Å²) in [5, 5.41) is 11.2. The van der Waals surface area contributed by atoms with Crippen LogP contribution in [-0.2, 0) is 14.3 Å². The number of hydrogen-bond acceptors (Lipinski definition) is 7. The van der Waals surface area contributed by atoms with Crippen molar-refractivity contribution in [3.8, 4) is 17.2 Å². The molecule has 0 bridgehead atoms. The predicted molar refractivity (Wildman–Crippen MR) is 78.9 cm³/mol. The molecule has 0 unspecified atom stereocenters. The van der Waals surface area contributed by atoms with Gasteiger partial charge in [-0.1, -0.05) is 0 Å². The van der Waals surface area contributed by atoms with Gasteiger partial charge in [-0.15, -0.1) is 0 Å². The lowest BCUT2D eigenvalue weighted by atomic mass is 9.75. The Bertz CT molecular complexity index is 770. The zero-order valence-electron chi connectivity index (χ0n) is 13.0. The summed E-state index contributed by atoms with van der Waals surface area (Å²) in [6.45, 7) is 0.176. The van der Waals surface area contributed by atoms with Crippen molar-refractivity contribution in [3.63, 3.8) is 0 Å². The molecule has 4 atom stereocenters. The number of hydrogen-bond donors (Lipinski definition) is 1. The van der Waals surface area contributed by atoms with E-state index in [2.05, 4.69) is 0 Å². The molecule has 126 valence electrons. The Morgan fingerprint density at radius 1 is 1.21 bits per heavy atom. The molecule has 24 heavy (non-hydrogen) atoms. The van der Waals surface area contributed by atoms with Gasteiger partial charge in [0.05, 0.1) is 5.92 Å². The minimum Gasteiger partial charge on any atom is -0.486 e. The van der Waals surface area contributed by atoms with Crippen molar-refractivity contribution in [2.24, 2.45) is 0 Å². The van der Waals surface area contributed by atoms with E-state index in [1.54, 1.807) is 6.07 Å². The van der Waals surface area contributed by atoms with E-state index in [-0.39, 0.29) is 37.1 Å². The van der Waals surface area contributed by atoms with E-state index in [1.165, 1.54) is 13.2 Å². The quantitative estimate of drug-likeness (QED) is 0.828. The fourth-order valence-corrected chi connectivity index (χ4v) is 3.95. The minimum atomic E-state index is -1.35. The highest BCUT2D eigenvalue weighted by Crippen LogP contribution is 2.55. The Balaban J connectivity index is 1.63. The third-order valence-corrected chi connectivity index (χ3v) is 5.15. The first-order chi connectivity index (χ1) is 11.6. The van der Waals surface area contributed by atoms with Gasteiger partial charge in [0, 0.05) is 31.2 Å². The lowest BCUT2D eigenvalue weighted by Crippen LogP contribution is -2.57. The molecule has 1 fully saturated rings. The lowest BCUT2D eigenvalue weighted by molar-refractivity contribution is -0.211. The van der Waals surface area contributed by atoms with Crippen LogP contribution in [0.2, 0.25) is 0 Å². The van der Waals surface area contributed by atoms with Gasteiger partial charge in [-0.2, -0.15) is 0 Å². The first-order valence-electron chi connectivity index (χ1n) is 7.87. The van der Waals surface area contributed by atoms with Gasteiger partial charge in [0.15, 0.2) is 22.9 Å². The topological polar surface area (TPSA) is 83.5 Å². The number of carbonyl (C=O) groups excluding carboxylic acids is 1. The minimum absolute atomic E-state index is 0.0701. The van der Waals surface area contributed by atoms with Crippen molar-refractivity contribution in [2.45, 2.75) is 36.8 Å². The van der Waals surface area contributed by atoms with Crippen LogP contribution >= 0.6 is 0 Å². The van der Waals surface area contributed by atoms with Gasteiger partial charge < -0.3 is 28.8 Å². The number of fused-ring (bicyclic) bond motifs is 6. The monoisotopic (exact) mass is 332 g/mol. The molecule has 0 spiro atoms. The molecule has 1 aromatic rings. The summed E-state index contributed by atoms with van der Waals surface area (Å²) in [5.41, 5.74) is -0.501. The number of carbonyl (C=O) groups is 1. The van der Waals surface area contributed by atoms with Crippen LogP contribution in [0.4, 0.5) is 0 Å². The second kappa shape index (κ2) is 4.64. The summed E-state index contributed by atoms with van der Waals surface area (Å²) < 4.78 is 28.2. The Morgan fingerprint density at radius 3 is 2.79 bits per heavy atom. The Hall–Kier alpha value is -2.25. The third-order valence-electron chi connectivity index (χ3n) is 5.15. The van der Waals surface area contributed by atoms with E-state index >= 15 is 0 Å². The molecule has 7 heteroatoms. The normalized spacial score (nSPS) is 35.3. The predicted octanol–water partition coefficient (Wildman–Crippen LogP) is 1.24. The first-order valence-corrected chi connectivity index (χ1v) is 7.87. The molecule has 1 N–H and O–H groups in total. The number of benzene rings is 1. The number of allylic oxidation sites excluding steroid dienone is 1. The van der Waals surface area contributed by atoms with Crippen LogP contribution in [0.3, 0.4) is 0 Å². The van der Waals surface area contributed by atoms with Crippen LogP contribution in [-0.4, -0.2) is 42.8 Å². The third kappa shape index (κ3) is 1.71. The summed E-state index contributed by atoms with van der Waals surface area (Å²) in [7, 11) is 1.53. The fourth-order valence-electron chi connectivity index (χ4n) is 3.95. The van der Waals surface area contributed by atoms with Crippen LogP contribution in [0, 0.1) is 0 Å². The zero-order valence-corrected chi connectivity index (χ0v) is 13.0. The number of aliphatic hydroxyl groups is 1. The van der Waals surface area contributed by atoms with Crippen molar-refractivity contribution < 1.29 is 33.6 Å². The second-order valence-corrected chi connectivity index (χ2v) is 6.43. The SMILES string of the molecule is CO[C@H]1OC2=CC(=O)CC[C@@]2(O)[C@@H]2Oc3cc4c(cc3[C@@H]12)OCO4. The summed E-state index contributed by atoms with van der Waals surface area (Å²) in [6, 6.07) is 3.62. The van der Waals surface area contributed by atoms with Gasteiger partial charge in [-0.05, 0) is 12.5 Å². The molecule has 1 aromatic carbocycles. The highest BCUT2D eigenvalue weighted by Gasteiger charge is 2.60. The molecular weight excluding hydrogens is 316 g/mol. The number of rotatable bonds is 1. The van der Waals surface area contributed by atoms with Gasteiger partial charge in [-0.25, -0.2) is 0 Å². The highest BCUT2D eigenvalue weighted by atomic mass is 16.7. The zero-order chi connectivity index (χ0) is 16.5. The van der Waals surface area contributed by atoms with Gasteiger partial charge in [0.2, 0.25) is 13.1 Å². The molecule has 1 saturated heterocycles. The maximum Gasteiger partial charge on any atom is 0.231 e. The number of ether oxygens (including phenoxy) is 5. The van der Waals surface area contributed by atoms with Gasteiger partial charge in [0.25, 0.3) is 0 Å². The summed E-state index contributed by atoms with van der Waals surface area (Å²) in [5.74, 6) is 1.70. The van der Waals surface area contributed by atoms with Crippen LogP contribution in [0.15, 0.2) is 24.0 Å². The van der Waals surface area contributed by atoms with E-state index in [1.807, 2.05) is 6.07 Å². The average Bonchev–Trinajstić information content (AvgIpc) is 3.17. The second-order valence-electron chi connectivity index (χ2n) is 6.43. The van der Waals surface area contributed by atoms with E-state index < -0.39 is 18.0 Å². The van der Waals surface area contributed by atoms with Crippen LogP contribution < -0.4 is 14.2 Å².